The van der Waals surface area contributed by atoms with Crippen LogP contribution in [0.15, 0.2) is 47.4 Å². The first kappa shape index (κ1) is 15.5. The second kappa shape index (κ2) is 6.28. The van der Waals surface area contributed by atoms with Crippen LogP contribution in [-0.4, -0.2) is 15.5 Å². The molecule has 112 valence electrons. The van der Waals surface area contributed by atoms with Gasteiger partial charge >= 0.3 is 0 Å². The van der Waals surface area contributed by atoms with Gasteiger partial charge in [-0.1, -0.05) is 29.8 Å². The minimum Gasteiger partial charge on any atom is -0.496 e. The smallest absolute Gasteiger partial charge is 0.182 e. The Morgan fingerprint density at radius 2 is 1.76 bits per heavy atom. The molecule has 0 spiro atoms. The third kappa shape index (κ3) is 3.62. The van der Waals surface area contributed by atoms with E-state index in [2.05, 4.69) is 0 Å². The molecule has 2 aromatic carbocycles. The van der Waals surface area contributed by atoms with Gasteiger partial charge in [-0.05, 0) is 30.7 Å². The maximum Gasteiger partial charge on any atom is 0.182 e. The van der Waals surface area contributed by atoms with E-state index >= 15 is 0 Å². The van der Waals surface area contributed by atoms with E-state index in [9.17, 15) is 8.42 Å². The summed E-state index contributed by atoms with van der Waals surface area (Å²) in [6.07, 6.45) is 0. The van der Waals surface area contributed by atoms with Crippen molar-refractivity contribution in [2.75, 3.05) is 7.11 Å². The van der Waals surface area contributed by atoms with Crippen LogP contribution in [0.3, 0.4) is 0 Å². The molecule has 2 N–H and O–H groups in total. The van der Waals surface area contributed by atoms with Crippen molar-refractivity contribution in [3.8, 4) is 5.75 Å². The van der Waals surface area contributed by atoms with Gasteiger partial charge in [-0.3, -0.25) is 0 Å². The van der Waals surface area contributed by atoms with Crippen LogP contribution >= 0.6 is 0 Å². The highest BCUT2D eigenvalue weighted by Gasteiger charge is 2.16. The van der Waals surface area contributed by atoms with Crippen LogP contribution in [0.4, 0.5) is 0 Å². The van der Waals surface area contributed by atoms with Crippen molar-refractivity contribution in [3.05, 3.63) is 59.2 Å². The number of rotatable bonds is 5. The maximum absolute atomic E-state index is 12.4. The van der Waals surface area contributed by atoms with Gasteiger partial charge in [0.1, 0.15) is 5.75 Å². The number of aryl methyl sites for hydroxylation is 1. The van der Waals surface area contributed by atoms with E-state index in [0.29, 0.717) is 22.8 Å². The lowest BCUT2D eigenvalue weighted by molar-refractivity contribution is 0.409. The van der Waals surface area contributed by atoms with Crippen molar-refractivity contribution < 1.29 is 13.2 Å². The summed E-state index contributed by atoms with van der Waals surface area (Å²) in [7, 11) is -1.81. The van der Waals surface area contributed by atoms with E-state index in [1.54, 1.807) is 49.6 Å². The van der Waals surface area contributed by atoms with Gasteiger partial charge < -0.3 is 10.5 Å². The quantitative estimate of drug-likeness (QED) is 0.921. The van der Waals surface area contributed by atoms with Crippen molar-refractivity contribution in [1.29, 1.82) is 0 Å². The molecule has 0 bridgehead atoms. The molecule has 0 amide bonds. The van der Waals surface area contributed by atoms with Crippen molar-refractivity contribution in [2.45, 2.75) is 24.1 Å². The molecule has 4 nitrogen and oxygen atoms in total. The van der Waals surface area contributed by atoms with E-state index in [1.165, 1.54) is 0 Å². The molecule has 0 saturated heterocycles. The topological polar surface area (TPSA) is 69.4 Å². The fourth-order valence-corrected chi connectivity index (χ4v) is 3.43. The summed E-state index contributed by atoms with van der Waals surface area (Å²) in [6.45, 7) is 2.28. The Morgan fingerprint density at radius 3 is 2.33 bits per heavy atom. The number of hydrogen-bond donors (Lipinski definition) is 1. The Kier molecular flexibility index (Phi) is 4.65. The highest BCUT2D eigenvalue weighted by atomic mass is 32.2. The van der Waals surface area contributed by atoms with Crippen LogP contribution in [0, 0.1) is 6.92 Å². The summed E-state index contributed by atoms with van der Waals surface area (Å²) in [5, 5.41) is 0. The average molecular weight is 305 g/mol. The number of benzene rings is 2. The van der Waals surface area contributed by atoms with Crippen LogP contribution in [0.1, 0.15) is 16.7 Å². The summed E-state index contributed by atoms with van der Waals surface area (Å²) in [5.41, 5.74) is 8.18. The van der Waals surface area contributed by atoms with Gasteiger partial charge in [0.05, 0.1) is 17.8 Å². The van der Waals surface area contributed by atoms with Gasteiger partial charge in [0.25, 0.3) is 0 Å². The molecule has 0 saturated carbocycles. The monoisotopic (exact) mass is 305 g/mol. The molecule has 5 heteroatoms. The zero-order chi connectivity index (χ0) is 15.5. The number of nitrogens with two attached hydrogens (primary N) is 1. The zero-order valence-corrected chi connectivity index (χ0v) is 13.0. The SMILES string of the molecule is COc1cc(CS(=O)(=O)c2ccc(C)cc2)ccc1CN. The molecule has 0 radical (unpaired) electrons. The van der Waals surface area contributed by atoms with E-state index < -0.39 is 9.84 Å². The first-order valence-electron chi connectivity index (χ1n) is 6.61. The standard InChI is InChI=1S/C16H19NO3S/c1-12-3-7-15(8-4-12)21(18,19)11-13-5-6-14(10-17)16(9-13)20-2/h3-9H,10-11,17H2,1-2H3. The highest BCUT2D eigenvalue weighted by Crippen LogP contribution is 2.23. The largest absolute Gasteiger partial charge is 0.496 e. The maximum atomic E-state index is 12.4. The second-order valence-corrected chi connectivity index (χ2v) is 6.91. The molecule has 0 heterocycles. The molecule has 2 rings (SSSR count). The van der Waals surface area contributed by atoms with Crippen LogP contribution < -0.4 is 10.5 Å². The molecule has 0 aromatic heterocycles. The molecule has 0 unspecified atom stereocenters. The van der Waals surface area contributed by atoms with E-state index in [-0.39, 0.29) is 5.75 Å². The van der Waals surface area contributed by atoms with Crippen LogP contribution in [0.25, 0.3) is 0 Å². The van der Waals surface area contributed by atoms with E-state index in [1.807, 2.05) is 6.92 Å². The summed E-state index contributed by atoms with van der Waals surface area (Å²) >= 11 is 0. The van der Waals surface area contributed by atoms with Crippen LogP contribution in [0.2, 0.25) is 0 Å². The van der Waals surface area contributed by atoms with Crippen molar-refractivity contribution in [2.24, 2.45) is 5.73 Å². The minimum absolute atomic E-state index is 0.0583. The van der Waals surface area contributed by atoms with Gasteiger partial charge in [0.2, 0.25) is 0 Å². The van der Waals surface area contributed by atoms with E-state index in [0.717, 1.165) is 11.1 Å². The summed E-state index contributed by atoms with van der Waals surface area (Å²) in [6, 6.07) is 12.2. The molecule has 0 aliphatic carbocycles. The molecular weight excluding hydrogens is 286 g/mol. The summed E-state index contributed by atoms with van der Waals surface area (Å²) in [4.78, 5) is 0.329. The Hall–Kier alpha value is -1.85. The zero-order valence-electron chi connectivity index (χ0n) is 12.2. The molecule has 21 heavy (non-hydrogen) atoms. The molecule has 0 aliphatic heterocycles. The Labute approximate surface area is 125 Å². The summed E-state index contributed by atoms with van der Waals surface area (Å²) in [5.74, 6) is 0.561. The normalized spacial score (nSPS) is 11.4. The first-order chi connectivity index (χ1) is 9.96. The number of hydrogen-bond acceptors (Lipinski definition) is 4. The number of sulfone groups is 1. The molecule has 2 aromatic rings. The fraction of sp³-hybridized carbons (Fsp3) is 0.250. The summed E-state index contributed by atoms with van der Waals surface area (Å²) < 4.78 is 30.0. The lowest BCUT2D eigenvalue weighted by Gasteiger charge is -2.10. The Bertz CT molecular complexity index is 722. The third-order valence-corrected chi connectivity index (χ3v) is 5.01. The van der Waals surface area contributed by atoms with Gasteiger partial charge in [0.15, 0.2) is 9.84 Å². The van der Waals surface area contributed by atoms with Gasteiger partial charge in [-0.2, -0.15) is 0 Å². The van der Waals surface area contributed by atoms with Crippen molar-refractivity contribution >= 4 is 9.84 Å². The third-order valence-electron chi connectivity index (χ3n) is 3.31. The van der Waals surface area contributed by atoms with Crippen LogP contribution in [-0.2, 0) is 22.1 Å². The van der Waals surface area contributed by atoms with Crippen molar-refractivity contribution in [1.82, 2.24) is 0 Å². The van der Waals surface area contributed by atoms with Gasteiger partial charge in [-0.15, -0.1) is 0 Å². The van der Waals surface area contributed by atoms with Crippen molar-refractivity contribution in [3.63, 3.8) is 0 Å². The second-order valence-electron chi connectivity index (χ2n) is 4.92. The molecule has 0 atom stereocenters. The Balaban J connectivity index is 2.30. The molecular formula is C16H19NO3S. The number of ether oxygens (including phenoxy) is 1. The number of methoxy groups -OCH3 is 1. The highest BCUT2D eigenvalue weighted by molar-refractivity contribution is 7.90. The first-order valence-corrected chi connectivity index (χ1v) is 8.27. The Morgan fingerprint density at radius 1 is 1.10 bits per heavy atom. The predicted octanol–water partition coefficient (Wildman–Crippen LogP) is 2.44. The van der Waals surface area contributed by atoms with Gasteiger partial charge in [-0.25, -0.2) is 8.42 Å². The van der Waals surface area contributed by atoms with E-state index in [4.69, 9.17) is 10.5 Å². The fourth-order valence-electron chi connectivity index (χ4n) is 2.10. The average Bonchev–Trinajstić information content (AvgIpc) is 2.47. The molecule has 0 fully saturated rings. The predicted molar refractivity (Wildman–Crippen MR) is 83.0 cm³/mol. The van der Waals surface area contributed by atoms with Gasteiger partial charge in [0, 0.05) is 12.1 Å². The lowest BCUT2D eigenvalue weighted by Crippen LogP contribution is -2.06. The lowest BCUT2D eigenvalue weighted by atomic mass is 10.1. The van der Waals surface area contributed by atoms with Crippen LogP contribution in [0.5, 0.6) is 5.75 Å². The minimum atomic E-state index is -3.36. The molecule has 0 aliphatic rings.